The van der Waals surface area contributed by atoms with Crippen molar-refractivity contribution in [3.63, 3.8) is 0 Å². The van der Waals surface area contributed by atoms with Crippen LogP contribution >= 0.6 is 46.4 Å². The van der Waals surface area contributed by atoms with Gasteiger partial charge in [0.1, 0.15) is 11.4 Å². The molecule has 0 aromatic heterocycles. The Labute approximate surface area is 376 Å². The Bertz CT molecular complexity index is 2380. The summed E-state index contributed by atoms with van der Waals surface area (Å²) in [4.78, 5) is 77.7. The van der Waals surface area contributed by atoms with Crippen molar-refractivity contribution in [1.82, 2.24) is 0 Å². The van der Waals surface area contributed by atoms with Crippen molar-refractivity contribution in [3.05, 3.63) is 141 Å². The van der Waals surface area contributed by atoms with Gasteiger partial charge in [-0.3, -0.25) is 28.8 Å². The van der Waals surface area contributed by atoms with Gasteiger partial charge in [0.05, 0.1) is 21.2 Å². The number of anilines is 4. The van der Waals surface area contributed by atoms with E-state index in [1.54, 1.807) is 24.3 Å². The Morgan fingerprint density at radius 1 is 0.500 bits per heavy atom. The molecule has 2 unspecified atom stereocenters. The van der Waals surface area contributed by atoms with Gasteiger partial charge in [-0.15, -0.1) is 23.2 Å². The molecule has 18 heteroatoms. The molecule has 62 heavy (non-hydrogen) atoms. The van der Waals surface area contributed by atoms with Gasteiger partial charge in [-0.25, -0.2) is 0 Å². The largest absolute Gasteiger partial charge is 0.324 e. The third kappa shape index (κ3) is 12.4. The molecule has 0 heterocycles. The number of ketones is 2. The van der Waals surface area contributed by atoms with Gasteiger partial charge in [-0.2, -0.15) is 20.5 Å². The van der Waals surface area contributed by atoms with Gasteiger partial charge in [-0.05, 0) is 98.5 Å². The van der Waals surface area contributed by atoms with Crippen LogP contribution in [0.15, 0.2) is 130 Å². The van der Waals surface area contributed by atoms with Gasteiger partial charge >= 0.3 is 0 Å². The van der Waals surface area contributed by atoms with E-state index in [2.05, 4.69) is 41.7 Å². The maximum atomic E-state index is 13.2. The van der Waals surface area contributed by atoms with Crippen LogP contribution in [0.5, 0.6) is 0 Å². The second-order valence-electron chi connectivity index (χ2n) is 13.4. The highest BCUT2D eigenvalue weighted by Crippen LogP contribution is 2.32. The van der Waals surface area contributed by atoms with E-state index in [4.69, 9.17) is 46.4 Å². The lowest BCUT2D eigenvalue weighted by Crippen LogP contribution is -2.32. The van der Waals surface area contributed by atoms with E-state index in [0.29, 0.717) is 36.0 Å². The zero-order valence-electron chi connectivity index (χ0n) is 33.1. The first-order chi connectivity index (χ1) is 29.8. The van der Waals surface area contributed by atoms with Gasteiger partial charge < -0.3 is 21.3 Å². The Morgan fingerprint density at radius 2 is 0.871 bits per heavy atom. The number of aryl methyl sites for hydroxylation is 2. The second kappa shape index (κ2) is 22.5. The van der Waals surface area contributed by atoms with Gasteiger partial charge in [0.2, 0.25) is 12.1 Å². The number of hydrogen-bond donors (Lipinski definition) is 4. The molecule has 0 saturated heterocycles. The average molecular weight is 917 g/mol. The zero-order chi connectivity index (χ0) is 44.8. The summed E-state index contributed by atoms with van der Waals surface area (Å²) in [6.45, 7) is 2.34. The van der Waals surface area contributed by atoms with E-state index in [1.807, 2.05) is 24.3 Å². The molecule has 0 spiro atoms. The Hall–Kier alpha value is -6.32. The lowest BCUT2D eigenvalue weighted by atomic mass is 10.1. The van der Waals surface area contributed by atoms with Crippen molar-refractivity contribution in [2.45, 2.75) is 38.8 Å². The summed E-state index contributed by atoms with van der Waals surface area (Å²) in [5.41, 5.74) is 3.59. The van der Waals surface area contributed by atoms with Crippen LogP contribution in [0, 0.1) is 0 Å². The van der Waals surface area contributed by atoms with Crippen LogP contribution in [0.2, 0.25) is 10.0 Å². The van der Waals surface area contributed by atoms with Crippen molar-refractivity contribution in [2.75, 3.05) is 33.0 Å². The fraction of sp³-hybridized carbons (Fsp3) is 0.182. The number of nitrogens with one attached hydrogen (secondary N) is 4. The predicted molar refractivity (Wildman–Crippen MR) is 242 cm³/mol. The lowest BCUT2D eigenvalue weighted by molar-refractivity contribution is -0.127. The SMILES string of the molecule is CC(=O)C(N=Nc1cccc(C(=O)Nc2ccccc2CCCl)c1Cl)C(=O)Nc1ccc(NC(=O)C(N=Nc2cccc(C(=O)Nc3ccccc3CCCl)c2Cl)C(C)=O)cc1. The maximum absolute atomic E-state index is 13.2. The van der Waals surface area contributed by atoms with Crippen LogP contribution in [0.1, 0.15) is 45.7 Å². The molecule has 0 bridgehead atoms. The van der Waals surface area contributed by atoms with E-state index in [-0.39, 0.29) is 43.9 Å². The molecule has 4 amide bonds. The quantitative estimate of drug-likeness (QED) is 0.0383. The monoisotopic (exact) mass is 914 g/mol. The molecule has 5 aromatic carbocycles. The van der Waals surface area contributed by atoms with Crippen molar-refractivity contribution < 1.29 is 28.8 Å². The Kier molecular flexibility index (Phi) is 17.0. The standard InChI is InChI=1S/C44H38Cl4N8O6/c1-25(57)39(55-53-35-15-7-11-31(37(35)47)41(59)51-33-13-5-3-9-27(33)21-23-45)43(61)49-29-17-19-30(20-18-29)50-44(62)40(26(2)58)56-54-36-16-8-12-32(38(36)48)42(60)52-34-14-6-4-10-28(34)22-24-46/h3-20,39-40H,21-24H2,1-2H3,(H,49,61)(H,50,62)(H,51,59)(H,52,60). The third-order valence-electron chi connectivity index (χ3n) is 8.95. The first-order valence-electron chi connectivity index (χ1n) is 18.8. The third-order valence-corrected chi connectivity index (χ3v) is 10.1. The number of rotatable bonds is 18. The number of halogens is 4. The van der Waals surface area contributed by atoms with Crippen LogP contribution in [-0.2, 0) is 32.0 Å². The number of amides is 4. The fourth-order valence-electron chi connectivity index (χ4n) is 5.78. The first kappa shape index (κ1) is 46.7. The minimum absolute atomic E-state index is 0.0450. The van der Waals surface area contributed by atoms with Crippen molar-refractivity contribution >= 4 is 116 Å². The molecule has 0 aliphatic carbocycles. The van der Waals surface area contributed by atoms with Crippen LogP contribution < -0.4 is 21.3 Å². The number of nitrogens with zero attached hydrogens (tertiary/aromatic N) is 4. The number of carbonyl (C=O) groups is 6. The van der Waals surface area contributed by atoms with E-state index in [0.717, 1.165) is 11.1 Å². The van der Waals surface area contributed by atoms with Crippen LogP contribution in [0.25, 0.3) is 0 Å². The number of hydrogen-bond acceptors (Lipinski definition) is 10. The van der Waals surface area contributed by atoms with E-state index >= 15 is 0 Å². The Balaban J connectivity index is 1.21. The lowest BCUT2D eigenvalue weighted by Gasteiger charge is -2.13. The highest BCUT2D eigenvalue weighted by molar-refractivity contribution is 6.37. The molecular weight excluding hydrogens is 878 g/mol. The van der Waals surface area contributed by atoms with Gasteiger partial charge in [0.25, 0.3) is 23.6 Å². The summed E-state index contributed by atoms with van der Waals surface area (Å²) in [6.07, 6.45) is 1.08. The molecule has 4 N–H and O–H groups in total. The molecule has 5 rings (SSSR count). The molecule has 2 atom stereocenters. The summed E-state index contributed by atoms with van der Waals surface area (Å²) in [7, 11) is 0. The van der Waals surface area contributed by atoms with Crippen molar-refractivity contribution in [1.29, 1.82) is 0 Å². The predicted octanol–water partition coefficient (Wildman–Crippen LogP) is 10.4. The van der Waals surface area contributed by atoms with Crippen LogP contribution in [0.3, 0.4) is 0 Å². The molecule has 0 aliphatic heterocycles. The van der Waals surface area contributed by atoms with E-state index in [1.165, 1.54) is 74.5 Å². The smallest absolute Gasteiger partial charge is 0.258 e. The molecule has 0 radical (unpaired) electrons. The fourth-order valence-corrected chi connectivity index (χ4v) is 6.69. The topological polar surface area (TPSA) is 200 Å². The normalized spacial score (nSPS) is 12.1. The maximum Gasteiger partial charge on any atom is 0.258 e. The molecular formula is C44H38Cl4N8O6. The molecule has 0 saturated carbocycles. The number of para-hydroxylation sites is 2. The molecule has 0 fully saturated rings. The molecule has 0 aliphatic rings. The molecule has 14 nitrogen and oxygen atoms in total. The minimum atomic E-state index is -1.58. The number of benzene rings is 5. The Morgan fingerprint density at radius 3 is 1.23 bits per heavy atom. The number of Topliss-reactive ketones (excluding diaryl/α,β-unsaturated/α-hetero) is 2. The number of alkyl halides is 2. The minimum Gasteiger partial charge on any atom is -0.324 e. The zero-order valence-corrected chi connectivity index (χ0v) is 36.1. The van der Waals surface area contributed by atoms with Crippen molar-refractivity contribution in [3.8, 4) is 0 Å². The number of carbonyl (C=O) groups excluding carboxylic acids is 6. The summed E-state index contributed by atoms with van der Waals surface area (Å²) in [6, 6.07) is 26.0. The van der Waals surface area contributed by atoms with Gasteiger partial charge in [0.15, 0.2) is 11.6 Å². The number of azo groups is 2. The summed E-state index contributed by atoms with van der Waals surface area (Å²) in [5, 5.41) is 26.7. The van der Waals surface area contributed by atoms with Crippen LogP contribution in [0.4, 0.5) is 34.1 Å². The highest BCUT2D eigenvalue weighted by Gasteiger charge is 2.26. The highest BCUT2D eigenvalue weighted by atomic mass is 35.5. The average Bonchev–Trinajstić information content (AvgIpc) is 3.24. The molecule has 318 valence electrons. The summed E-state index contributed by atoms with van der Waals surface area (Å²) < 4.78 is 0. The van der Waals surface area contributed by atoms with E-state index in [9.17, 15) is 28.8 Å². The molecule has 5 aromatic rings. The van der Waals surface area contributed by atoms with Crippen LogP contribution in [-0.4, -0.2) is 59.0 Å². The second-order valence-corrected chi connectivity index (χ2v) is 14.9. The van der Waals surface area contributed by atoms with Gasteiger partial charge in [0, 0.05) is 34.5 Å². The summed E-state index contributed by atoms with van der Waals surface area (Å²) in [5.74, 6) is -3.16. The first-order valence-corrected chi connectivity index (χ1v) is 20.7. The van der Waals surface area contributed by atoms with E-state index < -0.39 is 47.3 Å². The van der Waals surface area contributed by atoms with Gasteiger partial charge in [-0.1, -0.05) is 71.7 Å². The van der Waals surface area contributed by atoms with Crippen molar-refractivity contribution in [2.24, 2.45) is 20.5 Å². The summed E-state index contributed by atoms with van der Waals surface area (Å²) >= 11 is 24.9.